The molecular weight excluding hydrogens is 216 g/mol. The minimum absolute atomic E-state index is 0.00894. The molecule has 0 saturated carbocycles. The van der Waals surface area contributed by atoms with Gasteiger partial charge in [0, 0.05) is 20.0 Å². The summed E-state index contributed by atoms with van der Waals surface area (Å²) in [6.45, 7) is 4.70. The number of nitrogens with one attached hydrogen (secondary N) is 1. The Morgan fingerprint density at radius 2 is 1.94 bits per heavy atom. The van der Waals surface area contributed by atoms with Crippen LogP contribution in [-0.2, 0) is 9.53 Å². The highest BCUT2D eigenvalue weighted by molar-refractivity contribution is 5.73. The monoisotopic (exact) mass is 234 g/mol. The molecule has 1 aliphatic heterocycles. The first-order valence-electron chi connectivity index (χ1n) is 5.91. The summed E-state index contributed by atoms with van der Waals surface area (Å²) in [5, 5.41) is 3.00. The van der Waals surface area contributed by atoms with Crippen molar-refractivity contribution in [2.24, 2.45) is 0 Å². The molecule has 1 fully saturated rings. The van der Waals surface area contributed by atoms with E-state index in [9.17, 15) is 4.79 Å². The summed E-state index contributed by atoms with van der Waals surface area (Å²) in [5.41, 5.74) is 1.12. The molecule has 0 spiro atoms. The highest BCUT2D eigenvalue weighted by atomic mass is 16.5. The van der Waals surface area contributed by atoms with Crippen LogP contribution in [-0.4, -0.2) is 37.1 Å². The molecule has 1 aliphatic rings. The third-order valence-corrected chi connectivity index (χ3v) is 2.87. The Morgan fingerprint density at radius 3 is 2.53 bits per heavy atom. The summed E-state index contributed by atoms with van der Waals surface area (Å²) in [6.07, 6.45) is -0.0439. The quantitative estimate of drug-likeness (QED) is 0.853. The number of morpholine rings is 1. The lowest BCUT2D eigenvalue weighted by molar-refractivity contribution is -0.121. The van der Waals surface area contributed by atoms with Crippen LogP contribution in [0.25, 0.3) is 0 Å². The van der Waals surface area contributed by atoms with Crippen LogP contribution in [0.15, 0.2) is 30.3 Å². The van der Waals surface area contributed by atoms with Crippen molar-refractivity contribution in [1.82, 2.24) is 10.2 Å². The van der Waals surface area contributed by atoms with Crippen LogP contribution in [0.3, 0.4) is 0 Å². The van der Waals surface area contributed by atoms with E-state index in [4.69, 9.17) is 4.74 Å². The van der Waals surface area contributed by atoms with E-state index >= 15 is 0 Å². The molecule has 0 radical (unpaired) electrons. The van der Waals surface area contributed by atoms with Crippen molar-refractivity contribution in [1.29, 1.82) is 0 Å². The van der Waals surface area contributed by atoms with Gasteiger partial charge in [0.2, 0.25) is 5.91 Å². The first-order valence-corrected chi connectivity index (χ1v) is 5.91. The van der Waals surface area contributed by atoms with Crippen molar-refractivity contribution in [3.05, 3.63) is 35.9 Å². The van der Waals surface area contributed by atoms with Gasteiger partial charge in [-0.1, -0.05) is 30.3 Å². The Kier molecular flexibility index (Phi) is 4.12. The van der Waals surface area contributed by atoms with Gasteiger partial charge in [-0.05, 0) is 5.56 Å². The summed E-state index contributed by atoms with van der Waals surface area (Å²) in [7, 11) is 0. The maximum atomic E-state index is 11.3. The molecule has 1 atom stereocenters. The number of rotatable bonds is 3. The first-order chi connectivity index (χ1) is 8.27. The van der Waals surface area contributed by atoms with Crippen molar-refractivity contribution >= 4 is 5.91 Å². The number of ether oxygens (including phenoxy) is 1. The molecule has 4 nitrogen and oxygen atoms in total. The lowest BCUT2D eigenvalue weighted by atomic mass is 10.1. The van der Waals surface area contributed by atoms with Crippen molar-refractivity contribution in [3.8, 4) is 0 Å². The number of carbonyl (C=O) groups excluding carboxylic acids is 1. The molecule has 0 bridgehead atoms. The maximum absolute atomic E-state index is 11.3. The zero-order valence-corrected chi connectivity index (χ0v) is 10.1. The number of carbonyl (C=O) groups is 1. The minimum atomic E-state index is -0.0439. The molecule has 0 aromatic heterocycles. The van der Waals surface area contributed by atoms with Gasteiger partial charge in [0.25, 0.3) is 0 Å². The van der Waals surface area contributed by atoms with E-state index < -0.39 is 0 Å². The molecule has 92 valence electrons. The van der Waals surface area contributed by atoms with Crippen molar-refractivity contribution < 1.29 is 9.53 Å². The molecule has 1 aromatic carbocycles. The van der Waals surface area contributed by atoms with Gasteiger partial charge in [0.05, 0.1) is 13.2 Å². The van der Waals surface area contributed by atoms with Crippen LogP contribution in [0.2, 0.25) is 0 Å². The smallest absolute Gasteiger partial charge is 0.218 e. The van der Waals surface area contributed by atoms with Crippen LogP contribution in [0.1, 0.15) is 18.7 Å². The molecule has 1 N–H and O–H groups in total. The lowest BCUT2D eigenvalue weighted by Crippen LogP contribution is -2.46. The number of amides is 1. The first kappa shape index (κ1) is 12.1. The van der Waals surface area contributed by atoms with E-state index in [-0.39, 0.29) is 12.1 Å². The summed E-state index contributed by atoms with van der Waals surface area (Å²) in [6, 6.07) is 10.0. The highest BCUT2D eigenvalue weighted by Crippen LogP contribution is 2.18. The molecule has 2 rings (SSSR count). The largest absolute Gasteiger partial charge is 0.379 e. The molecule has 1 amide bonds. The van der Waals surface area contributed by atoms with Crippen molar-refractivity contribution in [2.45, 2.75) is 13.1 Å². The van der Waals surface area contributed by atoms with E-state index in [0.717, 1.165) is 31.9 Å². The molecule has 1 aromatic rings. The van der Waals surface area contributed by atoms with Gasteiger partial charge in [0.1, 0.15) is 6.17 Å². The predicted octanol–water partition coefficient (Wildman–Crippen LogP) is 1.15. The number of hydrogen-bond donors (Lipinski definition) is 1. The summed E-state index contributed by atoms with van der Waals surface area (Å²) >= 11 is 0. The second kappa shape index (κ2) is 5.80. The number of hydrogen-bond acceptors (Lipinski definition) is 3. The van der Waals surface area contributed by atoms with E-state index in [1.54, 1.807) is 6.92 Å². The van der Waals surface area contributed by atoms with Crippen LogP contribution >= 0.6 is 0 Å². The van der Waals surface area contributed by atoms with E-state index in [0.29, 0.717) is 0 Å². The Labute approximate surface area is 102 Å². The van der Waals surface area contributed by atoms with Crippen molar-refractivity contribution in [2.75, 3.05) is 26.3 Å². The van der Waals surface area contributed by atoms with Gasteiger partial charge in [-0.2, -0.15) is 0 Å². The van der Waals surface area contributed by atoms with Crippen LogP contribution < -0.4 is 5.32 Å². The molecule has 0 aliphatic carbocycles. The molecule has 17 heavy (non-hydrogen) atoms. The van der Waals surface area contributed by atoms with Gasteiger partial charge in [-0.3, -0.25) is 9.69 Å². The average Bonchev–Trinajstić information content (AvgIpc) is 2.38. The second-order valence-corrected chi connectivity index (χ2v) is 4.16. The summed E-state index contributed by atoms with van der Waals surface area (Å²) < 4.78 is 5.34. The predicted molar refractivity (Wildman–Crippen MR) is 65.4 cm³/mol. The highest BCUT2D eigenvalue weighted by Gasteiger charge is 2.22. The zero-order valence-electron chi connectivity index (χ0n) is 10.1. The Hall–Kier alpha value is -1.39. The third-order valence-electron chi connectivity index (χ3n) is 2.87. The Balaban J connectivity index is 2.15. The Bertz CT molecular complexity index is 361. The topological polar surface area (TPSA) is 41.6 Å². The fourth-order valence-electron chi connectivity index (χ4n) is 2.05. The summed E-state index contributed by atoms with van der Waals surface area (Å²) in [5.74, 6) is -0.00894. The molecule has 1 saturated heterocycles. The SMILES string of the molecule is CC(=O)NC(c1ccccc1)N1CCOCC1. The van der Waals surface area contributed by atoms with Crippen LogP contribution in [0.5, 0.6) is 0 Å². The van der Waals surface area contributed by atoms with E-state index in [1.807, 2.05) is 30.3 Å². The minimum Gasteiger partial charge on any atom is -0.379 e. The van der Waals surface area contributed by atoms with Crippen LogP contribution in [0.4, 0.5) is 0 Å². The van der Waals surface area contributed by atoms with E-state index in [2.05, 4.69) is 10.2 Å². The maximum Gasteiger partial charge on any atom is 0.218 e. The van der Waals surface area contributed by atoms with Gasteiger partial charge >= 0.3 is 0 Å². The van der Waals surface area contributed by atoms with E-state index in [1.165, 1.54) is 0 Å². The molecule has 4 heteroatoms. The fraction of sp³-hybridized carbons (Fsp3) is 0.462. The average molecular weight is 234 g/mol. The third kappa shape index (κ3) is 3.28. The van der Waals surface area contributed by atoms with Gasteiger partial charge in [-0.15, -0.1) is 0 Å². The van der Waals surface area contributed by atoms with Crippen molar-refractivity contribution in [3.63, 3.8) is 0 Å². The number of benzene rings is 1. The van der Waals surface area contributed by atoms with Crippen LogP contribution in [0, 0.1) is 0 Å². The lowest BCUT2D eigenvalue weighted by Gasteiger charge is -2.34. The molecular formula is C13H18N2O2. The Morgan fingerprint density at radius 1 is 1.29 bits per heavy atom. The van der Waals surface area contributed by atoms with Gasteiger partial charge in [0.15, 0.2) is 0 Å². The molecule has 1 unspecified atom stereocenters. The number of nitrogens with zero attached hydrogens (tertiary/aromatic N) is 1. The molecule has 1 heterocycles. The standard InChI is InChI=1S/C13H18N2O2/c1-11(16)14-13(12-5-3-2-4-6-12)15-7-9-17-10-8-15/h2-6,13H,7-10H2,1H3,(H,14,16). The normalized spacial score (nSPS) is 18.6. The fourth-order valence-corrected chi connectivity index (χ4v) is 2.05. The van der Waals surface area contributed by atoms with Gasteiger partial charge in [-0.25, -0.2) is 0 Å². The zero-order chi connectivity index (χ0) is 12.1. The second-order valence-electron chi connectivity index (χ2n) is 4.16. The van der Waals surface area contributed by atoms with Gasteiger partial charge < -0.3 is 10.1 Å². The summed E-state index contributed by atoms with van der Waals surface area (Å²) in [4.78, 5) is 13.5.